The van der Waals surface area contributed by atoms with E-state index in [0.717, 1.165) is 11.4 Å². The van der Waals surface area contributed by atoms with Crippen molar-refractivity contribution in [1.29, 1.82) is 0 Å². The Balaban J connectivity index is 1.35. The van der Waals surface area contributed by atoms with Crippen LogP contribution in [0.15, 0.2) is 89.5 Å². The van der Waals surface area contributed by atoms with Gasteiger partial charge in [-0.25, -0.2) is 0 Å². The van der Waals surface area contributed by atoms with Crippen molar-refractivity contribution in [2.45, 2.75) is 0 Å². The first-order valence-electron chi connectivity index (χ1n) is 8.85. The summed E-state index contributed by atoms with van der Waals surface area (Å²) in [5.74, 6) is -0.379. The van der Waals surface area contributed by atoms with Crippen molar-refractivity contribution in [1.82, 2.24) is 0 Å². The van der Waals surface area contributed by atoms with Crippen LogP contribution in [-0.4, -0.2) is 11.8 Å². The summed E-state index contributed by atoms with van der Waals surface area (Å²) in [6.07, 6.45) is 1.43. The Bertz CT molecular complexity index is 1100. The molecule has 2 aromatic heterocycles. The number of hydrogen-bond acceptors (Lipinski definition) is 5. The summed E-state index contributed by atoms with van der Waals surface area (Å²) in [7, 11) is 0. The lowest BCUT2D eigenvalue weighted by Gasteiger charge is -2.08. The number of benzene rings is 2. The molecule has 2 amide bonds. The molecule has 0 saturated heterocycles. The molecule has 0 aliphatic heterocycles. The number of hydrogen-bond donors (Lipinski definition) is 3. The largest absolute Gasteiger partial charge is 0.459 e. The quantitative estimate of drug-likeness (QED) is 0.392. The van der Waals surface area contributed by atoms with Gasteiger partial charge in [0, 0.05) is 17.1 Å². The summed E-state index contributed by atoms with van der Waals surface area (Å²) in [5, 5.41) is 9.43. The van der Waals surface area contributed by atoms with Crippen LogP contribution in [0.25, 0.3) is 0 Å². The van der Waals surface area contributed by atoms with Crippen molar-refractivity contribution in [3.8, 4) is 0 Å². The molecule has 2 heterocycles. The standard InChI is InChI=1S/C22H17N3O3S/c26-21(18-7-4-14-28-18)25-20-13-12-19(29-20)22(27)24-17-10-8-16(9-11-17)23-15-5-2-1-3-6-15/h1-14,23H,(H,24,27)(H,25,26). The highest BCUT2D eigenvalue weighted by Gasteiger charge is 2.13. The lowest BCUT2D eigenvalue weighted by molar-refractivity contribution is 0.0995. The van der Waals surface area contributed by atoms with Gasteiger partial charge in [-0.05, 0) is 60.7 Å². The van der Waals surface area contributed by atoms with Gasteiger partial charge in [0.25, 0.3) is 11.8 Å². The first-order valence-corrected chi connectivity index (χ1v) is 9.67. The highest BCUT2D eigenvalue weighted by Crippen LogP contribution is 2.24. The van der Waals surface area contributed by atoms with Crippen LogP contribution in [0.2, 0.25) is 0 Å². The third-order valence-corrected chi connectivity index (χ3v) is 5.02. The van der Waals surface area contributed by atoms with E-state index in [0.29, 0.717) is 15.6 Å². The highest BCUT2D eigenvalue weighted by molar-refractivity contribution is 7.18. The van der Waals surface area contributed by atoms with Gasteiger partial charge >= 0.3 is 0 Å². The molecule has 7 heteroatoms. The molecule has 0 radical (unpaired) electrons. The average molecular weight is 403 g/mol. The zero-order valence-corrected chi connectivity index (χ0v) is 16.0. The van der Waals surface area contributed by atoms with E-state index in [9.17, 15) is 9.59 Å². The number of furan rings is 1. The maximum Gasteiger partial charge on any atom is 0.291 e. The van der Waals surface area contributed by atoms with Gasteiger partial charge in [0.1, 0.15) is 0 Å². The predicted molar refractivity (Wildman–Crippen MR) is 115 cm³/mol. The first-order chi connectivity index (χ1) is 14.2. The van der Waals surface area contributed by atoms with E-state index in [-0.39, 0.29) is 17.6 Å². The fraction of sp³-hybridized carbons (Fsp3) is 0. The van der Waals surface area contributed by atoms with Crippen LogP contribution in [0.1, 0.15) is 20.2 Å². The zero-order chi connectivity index (χ0) is 20.1. The van der Waals surface area contributed by atoms with Crippen LogP contribution < -0.4 is 16.0 Å². The zero-order valence-electron chi connectivity index (χ0n) is 15.2. The smallest absolute Gasteiger partial charge is 0.291 e. The van der Waals surface area contributed by atoms with E-state index < -0.39 is 0 Å². The van der Waals surface area contributed by atoms with Crippen LogP contribution in [0.3, 0.4) is 0 Å². The summed E-state index contributed by atoms with van der Waals surface area (Å²) in [6.45, 7) is 0. The Labute approximate surface area is 171 Å². The average Bonchev–Trinajstić information content (AvgIpc) is 3.42. The third kappa shape index (κ3) is 4.72. The lowest BCUT2D eigenvalue weighted by atomic mass is 10.2. The van der Waals surface area contributed by atoms with Crippen molar-refractivity contribution in [2.75, 3.05) is 16.0 Å². The maximum absolute atomic E-state index is 12.5. The number of carbonyl (C=O) groups excluding carboxylic acids is 2. The van der Waals surface area contributed by atoms with Crippen LogP contribution in [0, 0.1) is 0 Å². The van der Waals surface area contributed by atoms with Crippen molar-refractivity contribution in [3.05, 3.63) is 95.8 Å². The van der Waals surface area contributed by atoms with Gasteiger partial charge in [-0.3, -0.25) is 9.59 Å². The molecule has 144 valence electrons. The second-order valence-corrected chi connectivity index (χ2v) is 7.20. The van der Waals surface area contributed by atoms with E-state index in [2.05, 4.69) is 16.0 Å². The van der Waals surface area contributed by atoms with Crippen LogP contribution >= 0.6 is 11.3 Å². The molecule has 2 aromatic carbocycles. The Kier molecular flexibility index (Phi) is 5.40. The lowest BCUT2D eigenvalue weighted by Crippen LogP contribution is -2.10. The van der Waals surface area contributed by atoms with Crippen LogP contribution in [0.4, 0.5) is 22.1 Å². The number of anilines is 4. The summed E-state index contributed by atoms with van der Waals surface area (Å²) in [5.41, 5.74) is 2.60. The van der Waals surface area contributed by atoms with Crippen molar-refractivity contribution >= 4 is 45.2 Å². The van der Waals surface area contributed by atoms with E-state index in [1.807, 2.05) is 54.6 Å². The van der Waals surface area contributed by atoms with Gasteiger partial charge in [0.2, 0.25) is 0 Å². The molecule has 0 aliphatic rings. The number of carbonyl (C=O) groups is 2. The monoisotopic (exact) mass is 403 g/mol. The fourth-order valence-corrected chi connectivity index (χ4v) is 3.42. The summed E-state index contributed by atoms with van der Waals surface area (Å²) in [4.78, 5) is 25.0. The van der Waals surface area contributed by atoms with Crippen molar-refractivity contribution < 1.29 is 14.0 Å². The second-order valence-electron chi connectivity index (χ2n) is 6.12. The van der Waals surface area contributed by atoms with Crippen molar-refractivity contribution in [2.24, 2.45) is 0 Å². The first kappa shape index (κ1) is 18.5. The summed E-state index contributed by atoms with van der Waals surface area (Å²) in [6, 6.07) is 23.9. The molecule has 0 aliphatic carbocycles. The Morgan fingerprint density at radius 3 is 2.14 bits per heavy atom. The molecule has 4 aromatic rings. The molecule has 0 unspecified atom stereocenters. The minimum Gasteiger partial charge on any atom is -0.459 e. The van der Waals surface area contributed by atoms with Crippen LogP contribution in [0.5, 0.6) is 0 Å². The molecule has 0 fully saturated rings. The predicted octanol–water partition coefficient (Wildman–Crippen LogP) is 5.59. The molecular formula is C22H17N3O3S. The van der Waals surface area contributed by atoms with Gasteiger partial charge in [0.15, 0.2) is 5.76 Å². The molecule has 0 bridgehead atoms. The second kappa shape index (κ2) is 8.45. The number of thiophene rings is 1. The minimum absolute atomic E-state index is 0.216. The molecule has 6 nitrogen and oxygen atoms in total. The fourth-order valence-electron chi connectivity index (χ4n) is 2.63. The summed E-state index contributed by atoms with van der Waals surface area (Å²) < 4.78 is 5.06. The Morgan fingerprint density at radius 2 is 1.41 bits per heavy atom. The third-order valence-electron chi connectivity index (χ3n) is 4.02. The van der Waals surface area contributed by atoms with E-state index >= 15 is 0 Å². The molecular weight excluding hydrogens is 386 g/mol. The normalized spacial score (nSPS) is 10.3. The van der Waals surface area contributed by atoms with E-state index in [4.69, 9.17) is 4.42 Å². The van der Waals surface area contributed by atoms with Gasteiger partial charge in [-0.1, -0.05) is 18.2 Å². The van der Waals surface area contributed by atoms with Gasteiger partial charge < -0.3 is 20.4 Å². The molecule has 0 saturated carbocycles. The van der Waals surface area contributed by atoms with E-state index in [1.54, 1.807) is 24.3 Å². The van der Waals surface area contributed by atoms with Gasteiger partial charge in [-0.2, -0.15) is 0 Å². The topological polar surface area (TPSA) is 83.4 Å². The Morgan fingerprint density at radius 1 is 0.690 bits per heavy atom. The van der Waals surface area contributed by atoms with E-state index in [1.165, 1.54) is 17.6 Å². The highest BCUT2D eigenvalue weighted by atomic mass is 32.1. The van der Waals surface area contributed by atoms with Gasteiger partial charge in [-0.15, -0.1) is 11.3 Å². The number of rotatable bonds is 6. The summed E-state index contributed by atoms with van der Waals surface area (Å²) >= 11 is 1.19. The van der Waals surface area contributed by atoms with Crippen molar-refractivity contribution in [3.63, 3.8) is 0 Å². The number of nitrogens with one attached hydrogen (secondary N) is 3. The molecule has 0 atom stereocenters. The molecule has 3 N–H and O–H groups in total. The Hall–Kier alpha value is -3.84. The molecule has 29 heavy (non-hydrogen) atoms. The molecule has 4 rings (SSSR count). The SMILES string of the molecule is O=C(Nc1ccc(C(=O)Nc2ccc(Nc3ccccc3)cc2)s1)c1ccco1. The van der Waals surface area contributed by atoms with Crippen LogP contribution in [-0.2, 0) is 0 Å². The minimum atomic E-state index is -0.356. The molecule has 0 spiro atoms. The maximum atomic E-state index is 12.5. The number of para-hydroxylation sites is 1. The van der Waals surface area contributed by atoms with Gasteiger partial charge in [0.05, 0.1) is 16.1 Å². The number of amides is 2.